The molecule has 1 aliphatic heterocycles. The summed E-state index contributed by atoms with van der Waals surface area (Å²) in [5.41, 5.74) is 1.46. The first-order chi connectivity index (χ1) is 12.2. The van der Waals surface area contributed by atoms with Crippen LogP contribution in [-0.2, 0) is 13.1 Å². The van der Waals surface area contributed by atoms with Gasteiger partial charge >= 0.3 is 0 Å². The number of fused-ring (bicyclic) bond motifs is 1. The number of carbonyl (C=O) groups is 1. The summed E-state index contributed by atoms with van der Waals surface area (Å²) < 4.78 is 1.31. The fourth-order valence-electron chi connectivity index (χ4n) is 3.82. The number of hydrogen-bond donors (Lipinski definition) is 1. The molecule has 2 aromatic rings. The van der Waals surface area contributed by atoms with Gasteiger partial charge in [0, 0.05) is 38.3 Å². The number of rotatable bonds is 5. The average molecular weight is 338 g/mol. The third kappa shape index (κ3) is 3.22. The van der Waals surface area contributed by atoms with E-state index in [0.29, 0.717) is 24.1 Å². The van der Waals surface area contributed by atoms with Crippen LogP contribution in [0.4, 0.5) is 0 Å². The molecule has 0 bridgehead atoms. The Morgan fingerprint density at radius 2 is 1.88 bits per heavy atom. The second-order valence-corrected chi connectivity index (χ2v) is 6.88. The number of likely N-dealkylation sites (tertiary alicyclic amines) is 1. The molecular weight excluding hydrogens is 316 g/mol. The standard InChI is InChI=1S/C19H22N4O2/c1-2-23-17(24)9-8-16(21-23)19(25)20-18-14-11-22(12-15(14)18)10-13-6-4-3-5-7-13/h3-9,14-15,18H,2,10-12H2,1H3,(H,20,25)/t14-,15+,18?. The highest BCUT2D eigenvalue weighted by Crippen LogP contribution is 2.45. The minimum absolute atomic E-state index is 0.182. The second kappa shape index (κ2) is 6.44. The van der Waals surface area contributed by atoms with Gasteiger partial charge in [0.25, 0.3) is 11.5 Å². The summed E-state index contributed by atoms with van der Waals surface area (Å²) in [5.74, 6) is 0.880. The maximum Gasteiger partial charge on any atom is 0.271 e. The van der Waals surface area contributed by atoms with Gasteiger partial charge < -0.3 is 5.32 Å². The van der Waals surface area contributed by atoms with Gasteiger partial charge in [-0.25, -0.2) is 4.68 Å². The number of aromatic nitrogens is 2. The van der Waals surface area contributed by atoms with E-state index in [9.17, 15) is 9.59 Å². The van der Waals surface area contributed by atoms with Gasteiger partial charge in [0.05, 0.1) is 0 Å². The fourth-order valence-corrected chi connectivity index (χ4v) is 3.82. The van der Waals surface area contributed by atoms with Crippen molar-refractivity contribution in [3.8, 4) is 0 Å². The van der Waals surface area contributed by atoms with Gasteiger partial charge in [-0.15, -0.1) is 0 Å². The second-order valence-electron chi connectivity index (χ2n) is 6.88. The van der Waals surface area contributed by atoms with Gasteiger partial charge in [-0.05, 0) is 30.4 Å². The predicted molar refractivity (Wildman–Crippen MR) is 94.1 cm³/mol. The quantitative estimate of drug-likeness (QED) is 0.887. The van der Waals surface area contributed by atoms with Crippen molar-refractivity contribution in [2.45, 2.75) is 26.1 Å². The van der Waals surface area contributed by atoms with E-state index in [4.69, 9.17) is 0 Å². The Kier molecular flexibility index (Phi) is 4.13. The molecule has 1 amide bonds. The topological polar surface area (TPSA) is 67.2 Å². The molecule has 130 valence electrons. The van der Waals surface area contributed by atoms with Crippen molar-refractivity contribution < 1.29 is 4.79 Å². The highest BCUT2D eigenvalue weighted by atomic mass is 16.2. The summed E-state index contributed by atoms with van der Waals surface area (Å²) >= 11 is 0. The molecular formula is C19H22N4O2. The first-order valence-corrected chi connectivity index (χ1v) is 8.81. The minimum atomic E-state index is -0.184. The van der Waals surface area contributed by atoms with Gasteiger partial charge in [-0.3, -0.25) is 14.5 Å². The maximum atomic E-state index is 12.4. The summed E-state index contributed by atoms with van der Waals surface area (Å²) in [7, 11) is 0. The smallest absolute Gasteiger partial charge is 0.271 e. The Hall–Kier alpha value is -2.47. The summed E-state index contributed by atoms with van der Waals surface area (Å²) in [4.78, 5) is 26.4. The SMILES string of the molecule is CCn1nc(C(=O)NC2[C@H]3CN(Cc4ccccc4)C[C@@H]23)ccc1=O. The number of nitrogens with zero attached hydrogens (tertiary/aromatic N) is 3. The molecule has 1 saturated heterocycles. The van der Waals surface area contributed by atoms with E-state index in [0.717, 1.165) is 19.6 Å². The highest BCUT2D eigenvalue weighted by Gasteiger charge is 2.56. The zero-order valence-corrected chi connectivity index (χ0v) is 14.3. The van der Waals surface area contributed by atoms with E-state index in [1.807, 2.05) is 13.0 Å². The number of hydrogen-bond acceptors (Lipinski definition) is 4. The van der Waals surface area contributed by atoms with Crippen molar-refractivity contribution in [1.29, 1.82) is 0 Å². The van der Waals surface area contributed by atoms with E-state index in [2.05, 4.69) is 39.6 Å². The molecule has 0 spiro atoms. The first-order valence-electron chi connectivity index (χ1n) is 8.81. The van der Waals surface area contributed by atoms with Crippen molar-refractivity contribution in [3.63, 3.8) is 0 Å². The lowest BCUT2D eigenvalue weighted by atomic mass is 10.2. The van der Waals surface area contributed by atoms with Crippen molar-refractivity contribution in [3.05, 3.63) is 64.1 Å². The van der Waals surface area contributed by atoms with Crippen LogP contribution in [0.2, 0.25) is 0 Å². The molecule has 2 heterocycles. The zero-order chi connectivity index (χ0) is 17.4. The Morgan fingerprint density at radius 3 is 2.56 bits per heavy atom. The zero-order valence-electron chi connectivity index (χ0n) is 14.3. The average Bonchev–Trinajstić information content (AvgIpc) is 3.06. The molecule has 3 atom stereocenters. The normalized spacial score (nSPS) is 24.8. The number of aryl methyl sites for hydroxylation is 1. The monoisotopic (exact) mass is 338 g/mol. The first kappa shape index (κ1) is 16.0. The predicted octanol–water partition coefficient (Wildman–Crippen LogP) is 1.12. The number of nitrogens with one attached hydrogen (secondary N) is 1. The van der Waals surface area contributed by atoms with Crippen molar-refractivity contribution in [2.75, 3.05) is 13.1 Å². The van der Waals surface area contributed by atoms with Crippen LogP contribution in [-0.4, -0.2) is 39.7 Å². The molecule has 1 saturated carbocycles. The minimum Gasteiger partial charge on any atom is -0.347 e. The van der Waals surface area contributed by atoms with Crippen molar-refractivity contribution >= 4 is 5.91 Å². The van der Waals surface area contributed by atoms with Crippen molar-refractivity contribution in [2.24, 2.45) is 11.8 Å². The van der Waals surface area contributed by atoms with E-state index < -0.39 is 0 Å². The van der Waals surface area contributed by atoms with Gasteiger partial charge in [-0.1, -0.05) is 30.3 Å². The van der Waals surface area contributed by atoms with E-state index in [-0.39, 0.29) is 17.5 Å². The van der Waals surface area contributed by atoms with Crippen LogP contribution in [0.25, 0.3) is 0 Å². The third-order valence-electron chi connectivity index (χ3n) is 5.22. The van der Waals surface area contributed by atoms with Crippen LogP contribution >= 0.6 is 0 Å². The van der Waals surface area contributed by atoms with Crippen molar-refractivity contribution in [1.82, 2.24) is 20.0 Å². The van der Waals surface area contributed by atoms with E-state index in [1.165, 1.54) is 22.4 Å². The Labute approximate surface area is 146 Å². The summed E-state index contributed by atoms with van der Waals surface area (Å²) in [6, 6.07) is 13.6. The van der Waals surface area contributed by atoms with Gasteiger partial charge in [0.2, 0.25) is 0 Å². The van der Waals surface area contributed by atoms with E-state index >= 15 is 0 Å². The summed E-state index contributed by atoms with van der Waals surface area (Å²) in [5, 5.41) is 7.20. The molecule has 1 aromatic heterocycles. The maximum absolute atomic E-state index is 12.4. The fraction of sp³-hybridized carbons (Fsp3) is 0.421. The summed E-state index contributed by atoms with van der Waals surface area (Å²) in [6.07, 6.45) is 0. The summed E-state index contributed by atoms with van der Waals surface area (Å²) in [6.45, 7) is 5.31. The molecule has 0 radical (unpaired) electrons. The van der Waals surface area contributed by atoms with Gasteiger partial charge in [-0.2, -0.15) is 5.10 Å². The molecule has 6 nitrogen and oxygen atoms in total. The lowest BCUT2D eigenvalue weighted by molar-refractivity contribution is 0.0935. The molecule has 2 aliphatic rings. The Morgan fingerprint density at radius 1 is 1.16 bits per heavy atom. The molecule has 4 rings (SSSR count). The lowest BCUT2D eigenvalue weighted by Gasteiger charge is -2.19. The van der Waals surface area contributed by atoms with E-state index in [1.54, 1.807) is 0 Å². The molecule has 1 unspecified atom stereocenters. The largest absolute Gasteiger partial charge is 0.347 e. The molecule has 2 fully saturated rings. The lowest BCUT2D eigenvalue weighted by Crippen LogP contribution is -2.35. The Balaban J connectivity index is 1.32. The van der Waals surface area contributed by atoms with Gasteiger partial charge in [0.1, 0.15) is 5.69 Å². The van der Waals surface area contributed by atoms with Crippen LogP contribution in [0.15, 0.2) is 47.3 Å². The highest BCUT2D eigenvalue weighted by molar-refractivity contribution is 5.92. The van der Waals surface area contributed by atoms with Crippen LogP contribution in [0, 0.1) is 11.8 Å². The molecule has 1 aromatic carbocycles. The van der Waals surface area contributed by atoms with Crippen LogP contribution < -0.4 is 10.9 Å². The number of piperidine rings is 1. The number of amides is 1. The molecule has 1 aliphatic carbocycles. The Bertz CT molecular complexity index is 821. The van der Waals surface area contributed by atoms with Gasteiger partial charge in [0.15, 0.2) is 0 Å². The molecule has 1 N–H and O–H groups in total. The van der Waals surface area contributed by atoms with Crippen LogP contribution in [0.3, 0.4) is 0 Å². The van der Waals surface area contributed by atoms with Crippen LogP contribution in [0.5, 0.6) is 0 Å². The number of carbonyl (C=O) groups excluding carboxylic acids is 1. The third-order valence-corrected chi connectivity index (χ3v) is 5.22. The number of benzene rings is 1. The molecule has 25 heavy (non-hydrogen) atoms. The molecule has 6 heteroatoms. The van der Waals surface area contributed by atoms with Crippen LogP contribution in [0.1, 0.15) is 23.0 Å².